The van der Waals surface area contributed by atoms with Gasteiger partial charge < -0.3 is 4.90 Å². The minimum Gasteiger partial charge on any atom is -0.340 e. The monoisotopic (exact) mass is 436 g/mol. The number of rotatable bonds is 5. The quantitative estimate of drug-likeness (QED) is 0.520. The molecule has 1 aromatic carbocycles. The van der Waals surface area contributed by atoms with E-state index in [0.717, 1.165) is 17.3 Å². The number of likely N-dealkylation sites (N-methyl/N-ethyl adjacent to an activating group) is 1. The van der Waals surface area contributed by atoms with Crippen LogP contribution in [0, 0.1) is 0 Å². The summed E-state index contributed by atoms with van der Waals surface area (Å²) in [4.78, 5) is 28.3. The number of carbonyl (C=O) groups is 2. The topological polar surface area (TPSA) is 74.8 Å². The summed E-state index contributed by atoms with van der Waals surface area (Å²) in [7, 11) is -1.51. The Labute approximate surface area is 174 Å². The van der Waals surface area contributed by atoms with Crippen molar-refractivity contribution >= 4 is 56.0 Å². The molecule has 148 valence electrons. The van der Waals surface area contributed by atoms with Gasteiger partial charge in [-0.15, -0.1) is 0 Å². The lowest BCUT2D eigenvalue weighted by Crippen LogP contribution is -2.45. The Morgan fingerprint density at radius 1 is 1.36 bits per heavy atom. The Bertz CT molecular complexity index is 955. The van der Waals surface area contributed by atoms with Gasteiger partial charge in [-0.25, -0.2) is 8.42 Å². The lowest BCUT2D eigenvalue weighted by Gasteiger charge is -2.25. The van der Waals surface area contributed by atoms with Crippen LogP contribution in [0.1, 0.15) is 12.0 Å². The molecular weight excluding hydrogens is 416 g/mol. The number of carbonyl (C=O) groups excluding carboxylic acids is 2. The summed E-state index contributed by atoms with van der Waals surface area (Å²) in [5, 5.41) is 0. The summed E-state index contributed by atoms with van der Waals surface area (Å²) < 4.78 is 23.6. The minimum atomic E-state index is -3.09. The Morgan fingerprint density at radius 2 is 2.07 bits per heavy atom. The van der Waals surface area contributed by atoms with Crippen LogP contribution in [-0.2, 0) is 19.4 Å². The number of thioether (sulfide) groups is 1. The number of hydrogen-bond donors (Lipinski definition) is 0. The van der Waals surface area contributed by atoms with E-state index >= 15 is 0 Å². The number of thiocarbonyl (C=S) groups is 1. The number of benzene rings is 1. The first-order valence-corrected chi connectivity index (χ1v) is 11.7. The molecule has 9 heteroatoms. The molecule has 0 aromatic heterocycles. The molecule has 0 aliphatic carbocycles. The van der Waals surface area contributed by atoms with E-state index in [4.69, 9.17) is 12.2 Å². The van der Waals surface area contributed by atoms with Gasteiger partial charge in [-0.3, -0.25) is 14.5 Å². The molecule has 28 heavy (non-hydrogen) atoms. The van der Waals surface area contributed by atoms with Crippen LogP contribution in [0.2, 0.25) is 0 Å². The van der Waals surface area contributed by atoms with Crippen LogP contribution in [0.5, 0.6) is 0 Å². The number of sulfone groups is 1. The van der Waals surface area contributed by atoms with E-state index in [1.165, 1.54) is 9.80 Å². The van der Waals surface area contributed by atoms with Crippen molar-refractivity contribution in [2.24, 2.45) is 0 Å². The van der Waals surface area contributed by atoms with Crippen LogP contribution in [-0.4, -0.2) is 65.5 Å². The third-order valence-electron chi connectivity index (χ3n) is 4.65. The number of hydrogen-bond acceptors (Lipinski definition) is 6. The maximum atomic E-state index is 12.6. The van der Waals surface area contributed by atoms with Crippen LogP contribution in [0.15, 0.2) is 47.4 Å². The molecule has 0 saturated carbocycles. The molecule has 2 heterocycles. The third-order valence-corrected chi connectivity index (χ3v) is 7.80. The van der Waals surface area contributed by atoms with Crippen LogP contribution in [0.4, 0.5) is 0 Å². The van der Waals surface area contributed by atoms with Crippen molar-refractivity contribution in [2.75, 3.05) is 25.1 Å². The second kappa shape index (κ2) is 8.59. The van der Waals surface area contributed by atoms with Crippen molar-refractivity contribution in [3.8, 4) is 0 Å². The molecule has 1 aromatic rings. The maximum Gasteiger partial charge on any atom is 0.266 e. The van der Waals surface area contributed by atoms with E-state index in [0.29, 0.717) is 15.6 Å². The molecule has 2 saturated heterocycles. The summed E-state index contributed by atoms with van der Waals surface area (Å²) >= 11 is 6.40. The van der Waals surface area contributed by atoms with Crippen molar-refractivity contribution in [3.05, 3.63) is 53.0 Å². The fourth-order valence-electron chi connectivity index (χ4n) is 2.99. The van der Waals surface area contributed by atoms with Crippen molar-refractivity contribution in [1.29, 1.82) is 0 Å². The first-order chi connectivity index (χ1) is 13.3. The van der Waals surface area contributed by atoms with E-state index in [1.807, 2.05) is 36.4 Å². The van der Waals surface area contributed by atoms with Crippen LogP contribution in [0.25, 0.3) is 6.08 Å². The summed E-state index contributed by atoms with van der Waals surface area (Å²) in [6, 6.07) is 9.34. The first kappa shape index (κ1) is 20.8. The molecule has 2 fully saturated rings. The third kappa shape index (κ3) is 4.89. The lowest BCUT2D eigenvalue weighted by molar-refractivity contribution is -0.135. The van der Waals surface area contributed by atoms with Gasteiger partial charge >= 0.3 is 0 Å². The Kier molecular flexibility index (Phi) is 6.36. The van der Waals surface area contributed by atoms with Gasteiger partial charge in [-0.1, -0.05) is 66.5 Å². The highest BCUT2D eigenvalue weighted by Crippen LogP contribution is 2.31. The predicted octanol–water partition coefficient (Wildman–Crippen LogP) is 2.09. The highest BCUT2D eigenvalue weighted by Gasteiger charge is 2.37. The Morgan fingerprint density at radius 3 is 2.71 bits per heavy atom. The van der Waals surface area contributed by atoms with Gasteiger partial charge in [0.2, 0.25) is 5.91 Å². The van der Waals surface area contributed by atoms with Gasteiger partial charge in [0, 0.05) is 13.1 Å². The van der Waals surface area contributed by atoms with E-state index in [-0.39, 0.29) is 35.9 Å². The van der Waals surface area contributed by atoms with Gasteiger partial charge in [0.15, 0.2) is 9.84 Å². The van der Waals surface area contributed by atoms with E-state index in [2.05, 4.69) is 0 Å². The van der Waals surface area contributed by atoms with Crippen LogP contribution in [0.3, 0.4) is 0 Å². The molecule has 3 rings (SSSR count). The fraction of sp³-hybridized carbons (Fsp3) is 0.316. The Hall–Kier alpha value is -1.97. The zero-order chi connectivity index (χ0) is 20.3. The largest absolute Gasteiger partial charge is 0.340 e. The second-order valence-corrected chi connectivity index (χ2v) is 10.5. The van der Waals surface area contributed by atoms with Gasteiger partial charge in [0.25, 0.3) is 5.91 Å². The SMILES string of the molecule is CN(C(=O)CN1C(=O)/C(=C\C=C\c2ccccc2)SC1=S)[C@H]1CCS(=O)(=O)C1. The normalized spacial score (nSPS) is 23.1. The van der Waals surface area contributed by atoms with E-state index in [1.54, 1.807) is 19.2 Å². The maximum absolute atomic E-state index is 12.6. The second-order valence-electron chi connectivity index (χ2n) is 6.62. The van der Waals surface area contributed by atoms with Gasteiger partial charge in [0.05, 0.1) is 16.4 Å². The fourth-order valence-corrected chi connectivity index (χ4v) is 5.97. The molecule has 0 unspecified atom stereocenters. The lowest BCUT2D eigenvalue weighted by atomic mass is 10.2. The summed E-state index contributed by atoms with van der Waals surface area (Å²) in [5.41, 5.74) is 1.01. The number of allylic oxidation sites excluding steroid dienone is 2. The smallest absolute Gasteiger partial charge is 0.266 e. The highest BCUT2D eigenvalue weighted by atomic mass is 32.2. The van der Waals surface area contributed by atoms with Crippen LogP contribution < -0.4 is 0 Å². The average Bonchev–Trinajstić information content (AvgIpc) is 3.15. The molecule has 1 atom stereocenters. The van der Waals surface area contributed by atoms with E-state index < -0.39 is 9.84 Å². The molecule has 0 N–H and O–H groups in total. The van der Waals surface area contributed by atoms with Gasteiger partial charge in [-0.2, -0.15) is 0 Å². The predicted molar refractivity (Wildman–Crippen MR) is 115 cm³/mol. The zero-order valence-corrected chi connectivity index (χ0v) is 17.7. The van der Waals surface area contributed by atoms with E-state index in [9.17, 15) is 18.0 Å². The molecule has 0 bridgehead atoms. The molecule has 2 amide bonds. The van der Waals surface area contributed by atoms with Crippen LogP contribution >= 0.6 is 24.0 Å². The average molecular weight is 437 g/mol. The zero-order valence-electron chi connectivity index (χ0n) is 15.3. The standard InChI is InChI=1S/C19H20N2O4S3/c1-20(15-10-11-28(24,25)13-15)17(22)12-21-18(23)16(27-19(21)26)9-5-8-14-6-3-2-4-7-14/h2-9,15H,10-13H2,1H3/b8-5+,16-9+/t15-/m0/s1. The van der Waals surface area contributed by atoms with Crippen molar-refractivity contribution in [1.82, 2.24) is 9.80 Å². The molecular formula is C19H20N2O4S3. The number of nitrogens with zero attached hydrogens (tertiary/aromatic N) is 2. The van der Waals surface area contributed by atoms with Crippen molar-refractivity contribution in [3.63, 3.8) is 0 Å². The van der Waals surface area contributed by atoms with Crippen molar-refractivity contribution < 1.29 is 18.0 Å². The number of amides is 2. The first-order valence-electron chi connectivity index (χ1n) is 8.70. The molecule has 2 aliphatic rings. The highest BCUT2D eigenvalue weighted by molar-refractivity contribution is 8.26. The van der Waals surface area contributed by atoms with Gasteiger partial charge in [0.1, 0.15) is 10.9 Å². The summed E-state index contributed by atoms with van der Waals surface area (Å²) in [6.07, 6.45) is 5.77. The summed E-state index contributed by atoms with van der Waals surface area (Å²) in [5.74, 6) is -0.571. The molecule has 0 spiro atoms. The Balaban J connectivity index is 1.62. The molecule has 0 radical (unpaired) electrons. The minimum absolute atomic E-state index is 0.0299. The van der Waals surface area contributed by atoms with Crippen molar-refractivity contribution in [2.45, 2.75) is 12.5 Å². The summed E-state index contributed by atoms with van der Waals surface area (Å²) in [6.45, 7) is -0.183. The van der Waals surface area contributed by atoms with Gasteiger partial charge in [-0.05, 0) is 18.1 Å². The molecule has 2 aliphatic heterocycles. The molecule has 6 nitrogen and oxygen atoms in total.